The first-order valence-corrected chi connectivity index (χ1v) is 12.7. The lowest BCUT2D eigenvalue weighted by molar-refractivity contribution is -0.138. The third kappa shape index (κ3) is 3.89. The van der Waals surface area contributed by atoms with E-state index in [9.17, 15) is 9.59 Å². The molecule has 6 nitrogen and oxygen atoms in total. The van der Waals surface area contributed by atoms with Crippen LogP contribution in [-0.4, -0.2) is 22.1 Å². The summed E-state index contributed by atoms with van der Waals surface area (Å²) in [5.74, 6) is -0.463. The maximum absolute atomic E-state index is 13.7. The van der Waals surface area contributed by atoms with Gasteiger partial charge in [-0.2, -0.15) is 0 Å². The number of aromatic nitrogens is 2. The molecule has 1 aliphatic rings. The summed E-state index contributed by atoms with van der Waals surface area (Å²) in [6.45, 7) is 5.98. The van der Waals surface area contributed by atoms with Crippen LogP contribution in [0, 0.1) is 13.8 Å². The predicted molar refractivity (Wildman–Crippen MR) is 136 cm³/mol. The molecule has 0 spiro atoms. The number of carbonyl (C=O) groups is 1. The van der Waals surface area contributed by atoms with E-state index in [1.54, 1.807) is 11.5 Å². The van der Waals surface area contributed by atoms with Crippen molar-refractivity contribution < 1.29 is 9.53 Å². The number of fused-ring (bicyclic) bond motifs is 1. The topological polar surface area (TPSA) is 76.4 Å². The molecule has 8 heteroatoms. The second-order valence-corrected chi connectivity index (χ2v) is 9.97. The Morgan fingerprint density at radius 1 is 1.21 bits per heavy atom. The minimum absolute atomic E-state index is 0.172. The quantitative estimate of drug-likeness (QED) is 0.432. The Balaban J connectivity index is 1.83. The average Bonchev–Trinajstić information content (AvgIpc) is 3.54. The highest BCUT2D eigenvalue weighted by Gasteiger charge is 2.35. The molecular weight excluding hydrogens is 466 g/mol. The number of aromatic amines is 1. The van der Waals surface area contributed by atoms with Crippen molar-refractivity contribution in [2.75, 3.05) is 6.61 Å². The normalized spacial score (nSPS) is 15.9. The Morgan fingerprint density at radius 3 is 2.65 bits per heavy atom. The van der Waals surface area contributed by atoms with Crippen LogP contribution in [0.2, 0.25) is 0 Å². The number of H-pyrrole nitrogens is 1. The molecule has 0 saturated heterocycles. The van der Waals surface area contributed by atoms with Gasteiger partial charge in [0.05, 0.1) is 22.4 Å². The molecule has 1 N–H and O–H groups in total. The fourth-order valence-corrected chi connectivity index (χ4v) is 6.01. The number of benzene rings is 1. The van der Waals surface area contributed by atoms with Crippen molar-refractivity contribution in [3.8, 4) is 0 Å². The van der Waals surface area contributed by atoms with Crippen LogP contribution in [-0.2, 0) is 9.53 Å². The Morgan fingerprint density at radius 2 is 2.00 bits per heavy atom. The van der Waals surface area contributed by atoms with Gasteiger partial charge in [-0.15, -0.1) is 11.3 Å². The van der Waals surface area contributed by atoms with Gasteiger partial charge in [-0.3, -0.25) is 9.36 Å². The largest absolute Gasteiger partial charge is 0.463 e. The summed E-state index contributed by atoms with van der Waals surface area (Å²) >= 11 is 2.84. The Labute approximate surface area is 204 Å². The smallest absolute Gasteiger partial charge is 0.338 e. The molecule has 1 aliphatic heterocycles. The van der Waals surface area contributed by atoms with Crippen molar-refractivity contribution in [1.82, 2.24) is 9.55 Å². The Hall–Kier alpha value is -3.49. The molecule has 3 aromatic heterocycles. The van der Waals surface area contributed by atoms with E-state index in [0.29, 0.717) is 20.6 Å². The molecule has 1 unspecified atom stereocenters. The van der Waals surface area contributed by atoms with E-state index in [4.69, 9.17) is 9.73 Å². The fourth-order valence-electron chi connectivity index (χ4n) is 4.19. The molecule has 5 rings (SSSR count). The van der Waals surface area contributed by atoms with Crippen LogP contribution >= 0.6 is 22.7 Å². The Kier molecular flexibility index (Phi) is 5.93. The number of esters is 1. The second-order valence-electron chi connectivity index (χ2n) is 7.98. The van der Waals surface area contributed by atoms with E-state index in [-0.39, 0.29) is 12.2 Å². The first-order valence-electron chi connectivity index (χ1n) is 11.0. The maximum atomic E-state index is 13.7. The summed E-state index contributed by atoms with van der Waals surface area (Å²) in [5.41, 5.74) is 4.54. The summed E-state index contributed by atoms with van der Waals surface area (Å²) in [6.07, 6.45) is 1.89. The van der Waals surface area contributed by atoms with Gasteiger partial charge >= 0.3 is 5.97 Å². The van der Waals surface area contributed by atoms with Crippen molar-refractivity contribution in [1.29, 1.82) is 0 Å². The lowest BCUT2D eigenvalue weighted by Crippen LogP contribution is -2.39. The summed E-state index contributed by atoms with van der Waals surface area (Å²) < 4.78 is 7.67. The predicted octanol–water partition coefficient (Wildman–Crippen LogP) is 3.94. The number of nitrogens with zero attached hydrogens (tertiary/aromatic N) is 2. The van der Waals surface area contributed by atoms with Crippen LogP contribution in [0.1, 0.15) is 40.4 Å². The number of rotatable bonds is 5. The maximum Gasteiger partial charge on any atom is 0.338 e. The SMILES string of the molecule is CCOC(=O)C1=C(c2ccccc2)N=c2s/c(=C\c3cc(C)[nH]c3C)c(=O)n2C1c1cccs1. The number of hydrogen-bond donors (Lipinski definition) is 1. The van der Waals surface area contributed by atoms with Gasteiger partial charge in [0, 0.05) is 21.8 Å². The van der Waals surface area contributed by atoms with Gasteiger partial charge in [-0.05, 0) is 49.9 Å². The van der Waals surface area contributed by atoms with Crippen LogP contribution in [0.25, 0.3) is 11.8 Å². The number of thiophene rings is 1. The van der Waals surface area contributed by atoms with E-state index in [1.807, 2.05) is 73.8 Å². The molecule has 0 radical (unpaired) electrons. The number of nitrogens with one attached hydrogen (secondary N) is 1. The molecule has 0 fully saturated rings. The minimum atomic E-state index is -0.610. The first kappa shape index (κ1) is 22.3. The van der Waals surface area contributed by atoms with E-state index in [1.165, 1.54) is 22.7 Å². The number of hydrogen-bond acceptors (Lipinski definition) is 6. The van der Waals surface area contributed by atoms with Crippen molar-refractivity contribution in [3.63, 3.8) is 0 Å². The fraction of sp³-hybridized carbons (Fsp3) is 0.192. The third-order valence-corrected chi connectivity index (χ3v) is 7.57. The molecule has 1 atom stereocenters. The van der Waals surface area contributed by atoms with Gasteiger partial charge in [0.2, 0.25) is 0 Å². The van der Waals surface area contributed by atoms with Crippen LogP contribution in [0.3, 0.4) is 0 Å². The molecule has 34 heavy (non-hydrogen) atoms. The molecule has 0 amide bonds. The molecule has 0 aliphatic carbocycles. The minimum Gasteiger partial charge on any atom is -0.463 e. The molecule has 0 bridgehead atoms. The van der Waals surface area contributed by atoms with Gasteiger partial charge in [0.1, 0.15) is 6.04 Å². The molecular formula is C26H23N3O3S2. The summed E-state index contributed by atoms with van der Waals surface area (Å²) in [4.78, 5) is 36.6. The summed E-state index contributed by atoms with van der Waals surface area (Å²) in [5, 5.41) is 1.95. The van der Waals surface area contributed by atoms with Crippen LogP contribution in [0.5, 0.6) is 0 Å². The summed E-state index contributed by atoms with van der Waals surface area (Å²) in [6, 6.07) is 14.9. The van der Waals surface area contributed by atoms with Gasteiger partial charge in [-0.25, -0.2) is 9.79 Å². The lowest BCUT2D eigenvalue weighted by Gasteiger charge is -2.24. The zero-order valence-electron chi connectivity index (χ0n) is 19.0. The molecule has 4 aromatic rings. The van der Waals surface area contributed by atoms with Crippen LogP contribution < -0.4 is 14.9 Å². The van der Waals surface area contributed by atoms with Crippen LogP contribution in [0.15, 0.2) is 69.3 Å². The zero-order valence-corrected chi connectivity index (χ0v) is 20.6. The Bertz CT molecular complexity index is 1570. The molecule has 0 saturated carbocycles. The van der Waals surface area contributed by atoms with Gasteiger partial charge in [0.15, 0.2) is 4.80 Å². The highest BCUT2D eigenvalue weighted by molar-refractivity contribution is 7.10. The summed E-state index contributed by atoms with van der Waals surface area (Å²) in [7, 11) is 0. The molecule has 172 valence electrons. The standard InChI is InChI=1S/C26H23N3O3S2/c1-4-32-25(31)21-22(17-9-6-5-7-10-17)28-26-29(23(21)19-11-8-12-33-19)24(30)20(34-26)14-18-13-15(2)27-16(18)3/h5-14,23,27H,4H2,1-3H3/b20-14-. The van der Waals surface area contributed by atoms with Crippen molar-refractivity contribution in [2.24, 2.45) is 4.99 Å². The van der Waals surface area contributed by atoms with Crippen LogP contribution in [0.4, 0.5) is 0 Å². The van der Waals surface area contributed by atoms with E-state index < -0.39 is 12.0 Å². The number of carbonyl (C=O) groups excluding carboxylic acids is 1. The second kappa shape index (κ2) is 9.04. The monoisotopic (exact) mass is 489 g/mol. The van der Waals surface area contributed by atoms with Gasteiger partial charge < -0.3 is 9.72 Å². The lowest BCUT2D eigenvalue weighted by atomic mass is 9.97. The van der Waals surface area contributed by atoms with Gasteiger partial charge in [0.25, 0.3) is 5.56 Å². The molecule has 4 heterocycles. The number of ether oxygens (including phenoxy) is 1. The van der Waals surface area contributed by atoms with Crippen molar-refractivity contribution in [3.05, 3.63) is 107 Å². The van der Waals surface area contributed by atoms with Crippen molar-refractivity contribution >= 4 is 40.4 Å². The van der Waals surface area contributed by atoms with Crippen molar-refractivity contribution in [2.45, 2.75) is 26.8 Å². The van der Waals surface area contributed by atoms with E-state index in [0.717, 1.165) is 27.4 Å². The molecule has 1 aromatic carbocycles. The van der Waals surface area contributed by atoms with E-state index >= 15 is 0 Å². The van der Waals surface area contributed by atoms with E-state index in [2.05, 4.69) is 4.98 Å². The third-order valence-electron chi connectivity index (χ3n) is 5.66. The average molecular weight is 490 g/mol. The number of thiazole rings is 1. The zero-order chi connectivity index (χ0) is 23.8. The van der Waals surface area contributed by atoms with Gasteiger partial charge in [-0.1, -0.05) is 47.7 Å². The highest BCUT2D eigenvalue weighted by Crippen LogP contribution is 2.36. The first-order chi connectivity index (χ1) is 16.5. The number of aryl methyl sites for hydroxylation is 2. The highest BCUT2D eigenvalue weighted by atomic mass is 32.1.